The molecule has 0 saturated carbocycles. The molecule has 0 aliphatic heterocycles. The summed E-state index contributed by atoms with van der Waals surface area (Å²) in [5, 5.41) is 11.3. The fraction of sp³-hybridized carbons (Fsp3) is 0.105. The van der Waals surface area contributed by atoms with E-state index in [0.29, 0.717) is 16.6 Å². The molecule has 0 fully saturated rings. The van der Waals surface area contributed by atoms with Gasteiger partial charge in [0.1, 0.15) is 5.69 Å². The Hall–Kier alpha value is -2.84. The molecule has 1 aromatic heterocycles. The molecule has 0 atom stereocenters. The summed E-state index contributed by atoms with van der Waals surface area (Å²) in [4.78, 5) is -0.0581. The van der Waals surface area contributed by atoms with Crippen molar-refractivity contribution in [3.63, 3.8) is 0 Å². The zero-order valence-corrected chi connectivity index (χ0v) is 15.0. The van der Waals surface area contributed by atoms with E-state index in [1.807, 2.05) is 25.1 Å². The van der Waals surface area contributed by atoms with E-state index in [-0.39, 0.29) is 10.6 Å². The van der Waals surface area contributed by atoms with Crippen LogP contribution in [0, 0.1) is 6.92 Å². The molecule has 5 nitrogen and oxygen atoms in total. The number of nitrogens with two attached hydrogens (primary N) is 1. The van der Waals surface area contributed by atoms with E-state index >= 15 is 0 Å². The molecule has 2 N–H and O–H groups in total. The van der Waals surface area contributed by atoms with Gasteiger partial charge in [-0.3, -0.25) is 0 Å². The van der Waals surface area contributed by atoms with Gasteiger partial charge in [-0.25, -0.2) is 27.0 Å². The molecule has 27 heavy (non-hydrogen) atoms. The summed E-state index contributed by atoms with van der Waals surface area (Å²) < 4.78 is 51.4. The Morgan fingerprint density at radius 1 is 1.00 bits per heavy atom. The van der Waals surface area contributed by atoms with Crippen LogP contribution in [0.15, 0.2) is 59.5 Å². The van der Waals surface area contributed by atoms with E-state index in [4.69, 9.17) is 5.14 Å². The largest absolute Gasteiger partial charge is 0.282 e. The van der Waals surface area contributed by atoms with Crippen LogP contribution in [0.5, 0.6) is 0 Å². The summed E-state index contributed by atoms with van der Waals surface area (Å²) in [5.74, 6) is 0. The molecule has 0 unspecified atom stereocenters. The van der Waals surface area contributed by atoms with Crippen LogP contribution in [-0.2, 0) is 10.0 Å². The quantitative estimate of drug-likeness (QED) is 0.576. The summed E-state index contributed by atoms with van der Waals surface area (Å²) >= 11 is 0. The summed E-state index contributed by atoms with van der Waals surface area (Å²) in [6, 6.07) is 14.8. The molecule has 0 aliphatic rings. The van der Waals surface area contributed by atoms with Gasteiger partial charge in [0.2, 0.25) is 10.0 Å². The van der Waals surface area contributed by atoms with Gasteiger partial charge >= 0.3 is 0 Å². The molecule has 138 valence electrons. The minimum absolute atomic E-state index is 0.0581. The van der Waals surface area contributed by atoms with E-state index in [1.54, 1.807) is 12.1 Å². The van der Waals surface area contributed by atoms with Crippen LogP contribution in [0.3, 0.4) is 0 Å². The number of aromatic nitrogens is 2. The van der Waals surface area contributed by atoms with Crippen molar-refractivity contribution in [2.75, 3.05) is 0 Å². The van der Waals surface area contributed by atoms with Gasteiger partial charge in [-0.1, -0.05) is 35.9 Å². The highest BCUT2D eigenvalue weighted by Gasteiger charge is 2.21. The van der Waals surface area contributed by atoms with Crippen molar-refractivity contribution >= 4 is 31.7 Å². The average molecular weight is 387 g/mol. The lowest BCUT2D eigenvalue weighted by Gasteiger charge is -2.08. The molecular weight excluding hydrogens is 372 g/mol. The molecule has 0 saturated heterocycles. The fourth-order valence-corrected chi connectivity index (χ4v) is 3.72. The first-order valence-electron chi connectivity index (χ1n) is 8.09. The summed E-state index contributed by atoms with van der Waals surface area (Å²) in [6.45, 7) is 1.96. The molecule has 0 spiro atoms. The number of alkyl halides is 2. The number of fused-ring (bicyclic) bond motifs is 3. The lowest BCUT2D eigenvalue weighted by atomic mass is 10.0. The van der Waals surface area contributed by atoms with E-state index in [2.05, 4.69) is 5.10 Å². The summed E-state index contributed by atoms with van der Waals surface area (Å²) in [7, 11) is -3.84. The number of nitrogens with zero attached hydrogens (tertiary/aromatic N) is 2. The molecule has 4 rings (SSSR count). The Morgan fingerprint density at radius 2 is 1.67 bits per heavy atom. The number of benzene rings is 3. The predicted molar refractivity (Wildman–Crippen MR) is 99.6 cm³/mol. The number of aryl methyl sites for hydroxylation is 1. The standard InChI is InChI=1S/C19H15F2N3O2S/c1-11-2-8-15-12(10-11)3-9-16-17(19(20)21)23-24(18(15)16)13-4-6-14(7-5-13)27(22,25)26/h2-10,19H,1H3,(H2,22,25,26). The smallest absolute Gasteiger partial charge is 0.232 e. The minimum atomic E-state index is -3.84. The number of hydrogen-bond acceptors (Lipinski definition) is 3. The zero-order valence-electron chi connectivity index (χ0n) is 14.2. The number of primary sulfonamides is 1. The molecule has 0 amide bonds. The van der Waals surface area contributed by atoms with Gasteiger partial charge in [0.25, 0.3) is 6.43 Å². The minimum Gasteiger partial charge on any atom is -0.232 e. The van der Waals surface area contributed by atoms with Crippen molar-refractivity contribution in [3.8, 4) is 5.69 Å². The van der Waals surface area contributed by atoms with Gasteiger partial charge < -0.3 is 0 Å². The SMILES string of the molecule is Cc1ccc2c(ccc3c(C(F)F)nn(-c4ccc(S(N)(=O)=O)cc4)c32)c1. The normalized spacial score (nSPS) is 12.3. The van der Waals surface area contributed by atoms with Crippen molar-refractivity contribution in [2.45, 2.75) is 18.2 Å². The predicted octanol–water partition coefficient (Wildman–Crippen LogP) is 4.07. The van der Waals surface area contributed by atoms with Gasteiger partial charge in [-0.2, -0.15) is 5.10 Å². The summed E-state index contributed by atoms with van der Waals surface area (Å²) in [5.41, 5.74) is 1.75. The van der Waals surface area contributed by atoms with Crippen LogP contribution < -0.4 is 5.14 Å². The highest BCUT2D eigenvalue weighted by molar-refractivity contribution is 7.89. The monoisotopic (exact) mass is 387 g/mol. The van der Waals surface area contributed by atoms with E-state index in [1.165, 1.54) is 28.9 Å². The van der Waals surface area contributed by atoms with Gasteiger partial charge in [0.05, 0.1) is 16.1 Å². The van der Waals surface area contributed by atoms with Crippen molar-refractivity contribution in [1.82, 2.24) is 9.78 Å². The van der Waals surface area contributed by atoms with Crippen LogP contribution in [-0.4, -0.2) is 18.2 Å². The highest BCUT2D eigenvalue weighted by atomic mass is 32.2. The van der Waals surface area contributed by atoms with Crippen molar-refractivity contribution in [2.24, 2.45) is 5.14 Å². The van der Waals surface area contributed by atoms with E-state index in [0.717, 1.165) is 16.3 Å². The van der Waals surface area contributed by atoms with Gasteiger partial charge in [0, 0.05) is 10.8 Å². The Balaban J connectivity index is 2.04. The third-order valence-electron chi connectivity index (χ3n) is 4.46. The molecule has 0 radical (unpaired) electrons. The molecule has 3 aromatic carbocycles. The van der Waals surface area contributed by atoms with Crippen molar-refractivity contribution < 1.29 is 17.2 Å². The fourth-order valence-electron chi connectivity index (χ4n) is 3.20. The first-order chi connectivity index (χ1) is 12.8. The maximum atomic E-state index is 13.5. The van der Waals surface area contributed by atoms with Gasteiger partial charge in [0.15, 0.2) is 0 Å². The van der Waals surface area contributed by atoms with E-state index < -0.39 is 16.4 Å². The second-order valence-electron chi connectivity index (χ2n) is 6.32. The van der Waals surface area contributed by atoms with Crippen LogP contribution in [0.25, 0.3) is 27.4 Å². The lowest BCUT2D eigenvalue weighted by molar-refractivity contribution is 0.147. The second-order valence-corrected chi connectivity index (χ2v) is 7.88. The Morgan fingerprint density at radius 3 is 2.30 bits per heavy atom. The summed E-state index contributed by atoms with van der Waals surface area (Å²) in [6.07, 6.45) is -2.74. The zero-order chi connectivity index (χ0) is 19.3. The molecule has 8 heteroatoms. The molecule has 0 bridgehead atoms. The number of halogens is 2. The number of rotatable bonds is 3. The number of sulfonamides is 1. The second kappa shape index (κ2) is 6.11. The van der Waals surface area contributed by atoms with Crippen LogP contribution in [0.2, 0.25) is 0 Å². The van der Waals surface area contributed by atoms with Crippen molar-refractivity contribution in [3.05, 3.63) is 65.9 Å². The van der Waals surface area contributed by atoms with Gasteiger partial charge in [-0.05, 0) is 36.6 Å². The Kier molecular flexibility index (Phi) is 3.97. The molecule has 0 aliphatic carbocycles. The average Bonchev–Trinajstić information content (AvgIpc) is 3.01. The molecular formula is C19H15F2N3O2S. The lowest BCUT2D eigenvalue weighted by Crippen LogP contribution is -2.12. The number of hydrogen-bond donors (Lipinski definition) is 1. The van der Waals surface area contributed by atoms with Gasteiger partial charge in [-0.15, -0.1) is 0 Å². The van der Waals surface area contributed by atoms with Crippen LogP contribution >= 0.6 is 0 Å². The first-order valence-corrected chi connectivity index (χ1v) is 9.64. The highest BCUT2D eigenvalue weighted by Crippen LogP contribution is 2.34. The van der Waals surface area contributed by atoms with Crippen molar-refractivity contribution in [1.29, 1.82) is 0 Å². The Labute approximate surface area is 154 Å². The van der Waals surface area contributed by atoms with E-state index in [9.17, 15) is 17.2 Å². The Bertz CT molecular complexity index is 1280. The molecule has 4 aromatic rings. The van der Waals surface area contributed by atoms with Crippen LogP contribution in [0.1, 0.15) is 17.7 Å². The maximum absolute atomic E-state index is 13.5. The van der Waals surface area contributed by atoms with Crippen LogP contribution in [0.4, 0.5) is 8.78 Å². The first kappa shape index (κ1) is 17.6. The topological polar surface area (TPSA) is 78.0 Å². The third-order valence-corrected chi connectivity index (χ3v) is 5.39. The maximum Gasteiger partial charge on any atom is 0.282 e. The molecule has 1 heterocycles. The third kappa shape index (κ3) is 2.96.